The first-order chi connectivity index (χ1) is 9.08. The van der Waals surface area contributed by atoms with E-state index in [0.29, 0.717) is 0 Å². The molecule has 1 aliphatic rings. The zero-order valence-corrected chi connectivity index (χ0v) is 11.5. The van der Waals surface area contributed by atoms with Gasteiger partial charge in [0.05, 0.1) is 5.69 Å². The van der Waals surface area contributed by atoms with Crippen molar-refractivity contribution in [2.45, 2.75) is 26.4 Å². The molecule has 19 heavy (non-hydrogen) atoms. The summed E-state index contributed by atoms with van der Waals surface area (Å²) in [4.78, 5) is 17.7. The normalized spacial score (nSPS) is 23.5. The first-order valence-corrected chi connectivity index (χ1v) is 6.60. The minimum atomic E-state index is -0.0428. The van der Waals surface area contributed by atoms with Crippen LogP contribution in [-0.2, 0) is 11.3 Å². The number of hydrogen-bond acceptors (Lipinski definition) is 4. The third-order valence-electron chi connectivity index (χ3n) is 3.50. The van der Waals surface area contributed by atoms with Gasteiger partial charge in [-0.15, -0.1) is 0 Å². The average molecular weight is 263 g/mol. The standard InChI is InChI=1S/C14H21N3O2/c1-10-3-4-13(15-5-10)7-17-6-12(9-18)14(8-17)16-11(2)19/h3-5,12,14,18H,6-9H2,1-2H3,(H,16,19)/t12-,14+/m0/s1. The van der Waals surface area contributed by atoms with Gasteiger partial charge < -0.3 is 10.4 Å². The molecular formula is C14H21N3O2. The van der Waals surface area contributed by atoms with Crippen LogP contribution in [0, 0.1) is 12.8 Å². The molecule has 2 rings (SSSR count). The van der Waals surface area contributed by atoms with Crippen LogP contribution >= 0.6 is 0 Å². The molecule has 1 fully saturated rings. The van der Waals surface area contributed by atoms with E-state index in [1.807, 2.05) is 25.3 Å². The summed E-state index contributed by atoms with van der Waals surface area (Å²) in [7, 11) is 0. The Hall–Kier alpha value is -1.46. The summed E-state index contributed by atoms with van der Waals surface area (Å²) in [6.45, 7) is 5.94. The molecule has 0 bridgehead atoms. The molecule has 1 aromatic heterocycles. The van der Waals surface area contributed by atoms with Gasteiger partial charge in [-0.25, -0.2) is 0 Å². The molecule has 2 heterocycles. The summed E-state index contributed by atoms with van der Waals surface area (Å²) >= 11 is 0. The Labute approximate surface area is 113 Å². The Bertz CT molecular complexity index is 433. The topological polar surface area (TPSA) is 65.5 Å². The highest BCUT2D eigenvalue weighted by Gasteiger charge is 2.32. The number of rotatable bonds is 4. The van der Waals surface area contributed by atoms with E-state index in [-0.39, 0.29) is 24.5 Å². The Kier molecular flexibility index (Phi) is 4.50. The lowest BCUT2D eigenvalue weighted by Crippen LogP contribution is -2.40. The fourth-order valence-corrected chi connectivity index (χ4v) is 2.52. The van der Waals surface area contributed by atoms with Gasteiger partial charge in [0.2, 0.25) is 5.91 Å². The molecule has 0 radical (unpaired) electrons. The van der Waals surface area contributed by atoms with Gasteiger partial charge in [-0.3, -0.25) is 14.7 Å². The number of pyridine rings is 1. The Morgan fingerprint density at radius 1 is 1.53 bits per heavy atom. The monoisotopic (exact) mass is 263 g/mol. The largest absolute Gasteiger partial charge is 0.396 e. The summed E-state index contributed by atoms with van der Waals surface area (Å²) < 4.78 is 0. The van der Waals surface area contributed by atoms with Gasteiger partial charge >= 0.3 is 0 Å². The number of hydrogen-bond donors (Lipinski definition) is 2. The van der Waals surface area contributed by atoms with E-state index in [2.05, 4.69) is 15.2 Å². The number of amides is 1. The maximum atomic E-state index is 11.1. The molecule has 1 aliphatic heterocycles. The lowest BCUT2D eigenvalue weighted by atomic mass is 10.1. The predicted molar refractivity (Wildman–Crippen MR) is 72.4 cm³/mol. The van der Waals surface area contributed by atoms with Gasteiger partial charge in [0.25, 0.3) is 0 Å². The Morgan fingerprint density at radius 3 is 2.89 bits per heavy atom. The molecule has 0 aliphatic carbocycles. The number of carbonyl (C=O) groups excluding carboxylic acids is 1. The molecule has 0 unspecified atom stereocenters. The van der Waals surface area contributed by atoms with E-state index < -0.39 is 0 Å². The second-order valence-corrected chi connectivity index (χ2v) is 5.27. The molecule has 0 spiro atoms. The summed E-state index contributed by atoms with van der Waals surface area (Å²) in [5.41, 5.74) is 2.17. The van der Waals surface area contributed by atoms with E-state index >= 15 is 0 Å². The number of aromatic nitrogens is 1. The summed E-state index contributed by atoms with van der Waals surface area (Å²) in [6.07, 6.45) is 1.86. The zero-order chi connectivity index (χ0) is 13.8. The van der Waals surface area contributed by atoms with Crippen molar-refractivity contribution in [2.75, 3.05) is 19.7 Å². The fourth-order valence-electron chi connectivity index (χ4n) is 2.52. The number of aryl methyl sites for hydroxylation is 1. The van der Waals surface area contributed by atoms with Crippen LogP contribution in [0.25, 0.3) is 0 Å². The van der Waals surface area contributed by atoms with E-state index in [1.165, 1.54) is 6.92 Å². The number of likely N-dealkylation sites (tertiary alicyclic amines) is 1. The summed E-state index contributed by atoms with van der Waals surface area (Å²) in [5, 5.41) is 12.3. The molecule has 1 saturated heterocycles. The SMILES string of the molecule is CC(=O)N[C@@H]1CN(Cc2ccc(C)cn2)C[C@H]1CO. The van der Waals surface area contributed by atoms with Crippen molar-refractivity contribution in [3.63, 3.8) is 0 Å². The van der Waals surface area contributed by atoms with Gasteiger partial charge in [0, 0.05) is 51.3 Å². The van der Waals surface area contributed by atoms with Crippen molar-refractivity contribution in [3.8, 4) is 0 Å². The maximum absolute atomic E-state index is 11.1. The molecule has 104 valence electrons. The van der Waals surface area contributed by atoms with Crippen molar-refractivity contribution in [2.24, 2.45) is 5.92 Å². The highest BCUT2D eigenvalue weighted by molar-refractivity contribution is 5.73. The molecule has 1 amide bonds. The fraction of sp³-hybridized carbons (Fsp3) is 0.571. The van der Waals surface area contributed by atoms with Crippen LogP contribution in [0.3, 0.4) is 0 Å². The van der Waals surface area contributed by atoms with Gasteiger partial charge in [0.15, 0.2) is 0 Å². The lowest BCUT2D eigenvalue weighted by molar-refractivity contribution is -0.119. The first kappa shape index (κ1) is 14.0. The van der Waals surface area contributed by atoms with E-state index in [9.17, 15) is 9.90 Å². The van der Waals surface area contributed by atoms with Crippen molar-refractivity contribution >= 4 is 5.91 Å². The predicted octanol–water partition coefficient (Wildman–Crippen LogP) is 0.319. The highest BCUT2D eigenvalue weighted by Crippen LogP contribution is 2.18. The molecule has 2 atom stereocenters. The van der Waals surface area contributed by atoms with E-state index in [4.69, 9.17) is 0 Å². The molecule has 5 nitrogen and oxygen atoms in total. The van der Waals surface area contributed by atoms with Crippen LogP contribution in [0.4, 0.5) is 0 Å². The van der Waals surface area contributed by atoms with Crippen LogP contribution in [0.5, 0.6) is 0 Å². The van der Waals surface area contributed by atoms with Crippen LogP contribution in [0.1, 0.15) is 18.2 Å². The second-order valence-electron chi connectivity index (χ2n) is 5.27. The van der Waals surface area contributed by atoms with Gasteiger partial charge in [-0.2, -0.15) is 0 Å². The van der Waals surface area contributed by atoms with Crippen molar-refractivity contribution in [1.29, 1.82) is 0 Å². The van der Waals surface area contributed by atoms with Crippen LogP contribution < -0.4 is 5.32 Å². The van der Waals surface area contributed by atoms with Crippen LogP contribution in [0.15, 0.2) is 18.3 Å². The van der Waals surface area contributed by atoms with E-state index in [1.54, 1.807) is 0 Å². The Balaban J connectivity index is 1.95. The molecule has 0 saturated carbocycles. The van der Waals surface area contributed by atoms with Crippen molar-refractivity contribution in [1.82, 2.24) is 15.2 Å². The van der Waals surface area contributed by atoms with E-state index in [0.717, 1.165) is 30.9 Å². The molecule has 0 aromatic carbocycles. The highest BCUT2D eigenvalue weighted by atomic mass is 16.3. The van der Waals surface area contributed by atoms with Gasteiger partial charge in [-0.1, -0.05) is 6.07 Å². The quantitative estimate of drug-likeness (QED) is 0.821. The van der Waals surface area contributed by atoms with Crippen molar-refractivity contribution in [3.05, 3.63) is 29.6 Å². The number of nitrogens with one attached hydrogen (secondary N) is 1. The molecule has 5 heteroatoms. The minimum Gasteiger partial charge on any atom is -0.396 e. The van der Waals surface area contributed by atoms with Gasteiger partial charge in [0.1, 0.15) is 0 Å². The number of carbonyl (C=O) groups is 1. The third kappa shape index (κ3) is 3.75. The van der Waals surface area contributed by atoms with Crippen molar-refractivity contribution < 1.29 is 9.90 Å². The smallest absolute Gasteiger partial charge is 0.217 e. The Morgan fingerprint density at radius 2 is 2.32 bits per heavy atom. The second kappa shape index (κ2) is 6.12. The summed E-state index contributed by atoms with van der Waals surface area (Å²) in [6, 6.07) is 4.11. The van der Waals surface area contributed by atoms with Crippen LogP contribution in [-0.4, -0.2) is 46.6 Å². The average Bonchev–Trinajstić information content (AvgIpc) is 2.73. The molecule has 1 aromatic rings. The number of aliphatic hydroxyl groups is 1. The third-order valence-corrected chi connectivity index (χ3v) is 3.50. The molecule has 2 N–H and O–H groups in total. The number of aliphatic hydroxyl groups excluding tert-OH is 1. The summed E-state index contributed by atoms with van der Waals surface area (Å²) in [5.74, 6) is 0.0631. The zero-order valence-electron chi connectivity index (χ0n) is 11.5. The molecular weight excluding hydrogens is 242 g/mol. The lowest BCUT2D eigenvalue weighted by Gasteiger charge is -2.16. The minimum absolute atomic E-state index is 0.0351. The first-order valence-electron chi connectivity index (χ1n) is 6.60. The maximum Gasteiger partial charge on any atom is 0.217 e. The number of nitrogens with zero attached hydrogens (tertiary/aromatic N) is 2. The van der Waals surface area contributed by atoms with Gasteiger partial charge in [-0.05, 0) is 18.6 Å². The van der Waals surface area contributed by atoms with Crippen LogP contribution in [0.2, 0.25) is 0 Å².